The molecule has 6 heteroatoms. The highest BCUT2D eigenvalue weighted by molar-refractivity contribution is 7.15. The highest BCUT2D eigenvalue weighted by Crippen LogP contribution is 2.18. The number of nitrogens with zero attached hydrogens (tertiary/aromatic N) is 2. The van der Waals surface area contributed by atoms with Crippen LogP contribution in [0.2, 0.25) is 0 Å². The van der Waals surface area contributed by atoms with E-state index in [0.717, 1.165) is 23.6 Å². The number of anilines is 1. The third kappa shape index (κ3) is 4.80. The molecular formula is C16H21N3O2S. The van der Waals surface area contributed by atoms with E-state index >= 15 is 0 Å². The third-order valence-electron chi connectivity index (χ3n) is 3.38. The summed E-state index contributed by atoms with van der Waals surface area (Å²) in [5, 5.41) is 12.4. The maximum absolute atomic E-state index is 12.0. The summed E-state index contributed by atoms with van der Waals surface area (Å²) in [5.41, 5.74) is 0. The summed E-state index contributed by atoms with van der Waals surface area (Å²) in [6.45, 7) is 4.57. The molecule has 5 nitrogen and oxygen atoms in total. The summed E-state index contributed by atoms with van der Waals surface area (Å²) in [7, 11) is 0. The van der Waals surface area contributed by atoms with Crippen LogP contribution < -0.4 is 10.1 Å². The SMILES string of the molecule is CCC(CC)C(=O)Nc1nnc(CCOc2ccccc2)s1. The minimum Gasteiger partial charge on any atom is -0.493 e. The Morgan fingerprint density at radius 3 is 2.64 bits per heavy atom. The van der Waals surface area contributed by atoms with Crippen molar-refractivity contribution in [3.05, 3.63) is 35.3 Å². The molecule has 1 aromatic carbocycles. The molecule has 1 amide bonds. The Hall–Kier alpha value is -1.95. The van der Waals surface area contributed by atoms with Gasteiger partial charge in [-0.25, -0.2) is 0 Å². The molecule has 0 saturated heterocycles. The van der Waals surface area contributed by atoms with E-state index < -0.39 is 0 Å². The average molecular weight is 319 g/mol. The van der Waals surface area contributed by atoms with Crippen LogP contribution in [0.1, 0.15) is 31.7 Å². The topological polar surface area (TPSA) is 64.1 Å². The highest BCUT2D eigenvalue weighted by atomic mass is 32.1. The lowest BCUT2D eigenvalue weighted by atomic mass is 10.0. The average Bonchev–Trinajstić information content (AvgIpc) is 2.97. The zero-order chi connectivity index (χ0) is 15.8. The number of para-hydroxylation sites is 1. The zero-order valence-electron chi connectivity index (χ0n) is 12.9. The van der Waals surface area contributed by atoms with Crippen LogP contribution in [-0.4, -0.2) is 22.7 Å². The quantitative estimate of drug-likeness (QED) is 0.808. The monoisotopic (exact) mass is 319 g/mol. The van der Waals surface area contributed by atoms with Crippen LogP contribution in [0.15, 0.2) is 30.3 Å². The second-order valence-electron chi connectivity index (χ2n) is 4.92. The van der Waals surface area contributed by atoms with E-state index in [1.807, 2.05) is 44.2 Å². The largest absolute Gasteiger partial charge is 0.493 e. The molecule has 0 fully saturated rings. The summed E-state index contributed by atoms with van der Waals surface area (Å²) in [6, 6.07) is 9.66. The Balaban J connectivity index is 1.80. The maximum Gasteiger partial charge on any atom is 0.229 e. The number of nitrogens with one attached hydrogen (secondary N) is 1. The number of hydrogen-bond donors (Lipinski definition) is 1. The Morgan fingerprint density at radius 2 is 1.95 bits per heavy atom. The van der Waals surface area contributed by atoms with Crippen molar-refractivity contribution in [3.8, 4) is 5.75 Å². The van der Waals surface area contributed by atoms with Crippen LogP contribution in [0.25, 0.3) is 0 Å². The number of carbonyl (C=O) groups is 1. The van der Waals surface area contributed by atoms with E-state index in [0.29, 0.717) is 18.2 Å². The van der Waals surface area contributed by atoms with Crippen molar-refractivity contribution in [3.63, 3.8) is 0 Å². The van der Waals surface area contributed by atoms with Gasteiger partial charge in [-0.2, -0.15) is 0 Å². The van der Waals surface area contributed by atoms with Crippen molar-refractivity contribution in [2.24, 2.45) is 5.92 Å². The number of carbonyl (C=O) groups excluding carboxylic acids is 1. The molecule has 1 N–H and O–H groups in total. The van der Waals surface area contributed by atoms with Crippen LogP contribution in [0.3, 0.4) is 0 Å². The van der Waals surface area contributed by atoms with Gasteiger partial charge < -0.3 is 10.1 Å². The van der Waals surface area contributed by atoms with Gasteiger partial charge >= 0.3 is 0 Å². The van der Waals surface area contributed by atoms with Gasteiger partial charge in [0.05, 0.1) is 6.61 Å². The smallest absolute Gasteiger partial charge is 0.229 e. The lowest BCUT2D eigenvalue weighted by molar-refractivity contribution is -0.120. The molecule has 0 spiro atoms. The molecular weight excluding hydrogens is 298 g/mol. The van der Waals surface area contributed by atoms with Crippen molar-refractivity contribution in [1.82, 2.24) is 10.2 Å². The molecule has 1 heterocycles. The van der Waals surface area contributed by atoms with E-state index in [1.54, 1.807) is 0 Å². The predicted octanol–water partition coefficient (Wildman–Crippen LogP) is 3.53. The van der Waals surface area contributed by atoms with Gasteiger partial charge in [0.15, 0.2) is 0 Å². The number of aromatic nitrogens is 2. The normalized spacial score (nSPS) is 10.7. The van der Waals surface area contributed by atoms with E-state index in [-0.39, 0.29) is 11.8 Å². The van der Waals surface area contributed by atoms with Crippen LogP contribution >= 0.6 is 11.3 Å². The standard InChI is InChI=1S/C16H21N3O2S/c1-3-12(4-2)15(20)17-16-19-18-14(22-16)10-11-21-13-8-6-5-7-9-13/h5-9,12H,3-4,10-11H2,1-2H3,(H,17,19,20). The second-order valence-corrected chi connectivity index (χ2v) is 5.98. The predicted molar refractivity (Wildman–Crippen MR) is 88.3 cm³/mol. The van der Waals surface area contributed by atoms with Crippen LogP contribution in [-0.2, 0) is 11.2 Å². The molecule has 118 valence electrons. The molecule has 1 aromatic heterocycles. The van der Waals surface area contributed by atoms with Gasteiger partial charge in [-0.15, -0.1) is 10.2 Å². The van der Waals surface area contributed by atoms with Gasteiger partial charge in [0.1, 0.15) is 10.8 Å². The Labute approximate surface area is 134 Å². The first kappa shape index (κ1) is 16.4. The fourth-order valence-electron chi connectivity index (χ4n) is 2.04. The van der Waals surface area contributed by atoms with Gasteiger partial charge in [0.2, 0.25) is 11.0 Å². The number of rotatable bonds is 8. The number of benzene rings is 1. The first-order chi connectivity index (χ1) is 10.7. The molecule has 0 unspecified atom stereocenters. The second kappa shape index (κ2) is 8.48. The van der Waals surface area contributed by atoms with Crippen molar-refractivity contribution in [2.75, 3.05) is 11.9 Å². The fraction of sp³-hybridized carbons (Fsp3) is 0.438. The van der Waals surface area contributed by atoms with Crippen LogP contribution in [0.5, 0.6) is 5.75 Å². The van der Waals surface area contributed by atoms with E-state index in [1.165, 1.54) is 11.3 Å². The lowest BCUT2D eigenvalue weighted by Crippen LogP contribution is -2.21. The number of ether oxygens (including phenoxy) is 1. The lowest BCUT2D eigenvalue weighted by Gasteiger charge is -2.09. The highest BCUT2D eigenvalue weighted by Gasteiger charge is 2.16. The van der Waals surface area contributed by atoms with Crippen LogP contribution in [0, 0.1) is 5.92 Å². The molecule has 2 rings (SSSR count). The Bertz CT molecular complexity index is 582. The summed E-state index contributed by atoms with van der Waals surface area (Å²) in [5.74, 6) is 0.899. The minimum absolute atomic E-state index is 0.0215. The van der Waals surface area contributed by atoms with Crippen molar-refractivity contribution in [1.29, 1.82) is 0 Å². The Morgan fingerprint density at radius 1 is 1.23 bits per heavy atom. The van der Waals surface area contributed by atoms with Gasteiger partial charge in [0, 0.05) is 12.3 Å². The van der Waals surface area contributed by atoms with Crippen molar-refractivity contribution in [2.45, 2.75) is 33.1 Å². The summed E-state index contributed by atoms with van der Waals surface area (Å²) >= 11 is 1.40. The molecule has 0 radical (unpaired) electrons. The summed E-state index contributed by atoms with van der Waals surface area (Å²) in [6.07, 6.45) is 2.34. The van der Waals surface area contributed by atoms with Crippen LogP contribution in [0.4, 0.5) is 5.13 Å². The van der Waals surface area contributed by atoms with Crippen molar-refractivity contribution < 1.29 is 9.53 Å². The summed E-state index contributed by atoms with van der Waals surface area (Å²) < 4.78 is 5.62. The van der Waals surface area contributed by atoms with Gasteiger partial charge in [-0.1, -0.05) is 43.4 Å². The first-order valence-corrected chi connectivity index (χ1v) is 8.35. The van der Waals surface area contributed by atoms with Gasteiger partial charge in [-0.3, -0.25) is 4.79 Å². The van der Waals surface area contributed by atoms with Crippen molar-refractivity contribution >= 4 is 22.4 Å². The fourth-order valence-corrected chi connectivity index (χ4v) is 2.77. The molecule has 0 aliphatic rings. The molecule has 0 bridgehead atoms. The summed E-state index contributed by atoms with van der Waals surface area (Å²) in [4.78, 5) is 12.0. The first-order valence-electron chi connectivity index (χ1n) is 7.54. The number of amides is 1. The molecule has 22 heavy (non-hydrogen) atoms. The Kier molecular flexibility index (Phi) is 6.33. The van der Waals surface area contributed by atoms with E-state index in [9.17, 15) is 4.79 Å². The maximum atomic E-state index is 12.0. The van der Waals surface area contributed by atoms with E-state index in [4.69, 9.17) is 4.74 Å². The minimum atomic E-state index is 0.0215. The molecule has 0 aliphatic heterocycles. The van der Waals surface area contributed by atoms with Gasteiger partial charge in [0.25, 0.3) is 0 Å². The molecule has 0 aliphatic carbocycles. The number of hydrogen-bond acceptors (Lipinski definition) is 5. The molecule has 0 saturated carbocycles. The third-order valence-corrected chi connectivity index (χ3v) is 4.28. The molecule has 0 atom stereocenters. The van der Waals surface area contributed by atoms with E-state index in [2.05, 4.69) is 15.5 Å². The zero-order valence-corrected chi connectivity index (χ0v) is 13.7. The molecule has 2 aromatic rings. The van der Waals surface area contributed by atoms with Gasteiger partial charge in [-0.05, 0) is 25.0 Å².